The van der Waals surface area contributed by atoms with E-state index in [1.165, 1.54) is 27.2 Å². The van der Waals surface area contributed by atoms with Gasteiger partial charge in [0.05, 0.1) is 14.2 Å². The van der Waals surface area contributed by atoms with Crippen molar-refractivity contribution in [3.8, 4) is 17.2 Å². The number of esters is 1. The van der Waals surface area contributed by atoms with Crippen LogP contribution < -0.4 is 24.8 Å². The summed E-state index contributed by atoms with van der Waals surface area (Å²) in [5, 5.41) is 5.63. The monoisotopic (exact) mass is 448 g/mol. The number of hydrogen-bond donors (Lipinski definition) is 2. The van der Waals surface area contributed by atoms with Crippen LogP contribution in [-0.2, 0) is 11.3 Å². The second-order valence-corrected chi connectivity index (χ2v) is 7.06. The predicted molar refractivity (Wildman–Crippen MR) is 123 cm³/mol. The van der Waals surface area contributed by atoms with Gasteiger partial charge in [-0.25, -0.2) is 0 Å². The zero-order chi connectivity index (χ0) is 23.8. The molecule has 0 spiro atoms. The number of methoxy groups -OCH3 is 2. The Kier molecular flexibility index (Phi) is 7.64. The second kappa shape index (κ2) is 10.8. The molecule has 0 atom stereocenters. The van der Waals surface area contributed by atoms with Crippen LogP contribution in [0, 0.1) is 0 Å². The minimum absolute atomic E-state index is 0.290. The zero-order valence-electron chi connectivity index (χ0n) is 18.5. The van der Waals surface area contributed by atoms with Gasteiger partial charge in [-0.1, -0.05) is 18.2 Å². The summed E-state index contributed by atoms with van der Waals surface area (Å²) in [5.74, 6) is 0.288. The molecule has 0 unspecified atom stereocenters. The van der Waals surface area contributed by atoms with Gasteiger partial charge in [0.15, 0.2) is 0 Å². The van der Waals surface area contributed by atoms with Crippen molar-refractivity contribution >= 4 is 23.5 Å². The zero-order valence-corrected chi connectivity index (χ0v) is 18.5. The molecule has 2 amide bonds. The fraction of sp³-hybridized carbons (Fsp3) is 0.160. The van der Waals surface area contributed by atoms with E-state index < -0.39 is 5.97 Å². The highest BCUT2D eigenvalue weighted by Crippen LogP contribution is 2.23. The smallest absolute Gasteiger partial charge is 0.308 e. The standard InChI is InChI=1S/C25H24N2O6/c1-16(28)33-21-6-4-5-18(11-21)24(29)26-15-17-7-9-20(10-8-17)27-25(30)19-12-22(31-2)14-23(13-19)32-3/h4-14H,15H2,1-3H3,(H,26,29)(H,27,30). The maximum Gasteiger partial charge on any atom is 0.308 e. The van der Waals surface area contributed by atoms with Crippen molar-refractivity contribution < 1.29 is 28.6 Å². The van der Waals surface area contributed by atoms with Gasteiger partial charge in [-0.15, -0.1) is 0 Å². The summed E-state index contributed by atoms with van der Waals surface area (Å²) in [6.45, 7) is 1.59. The summed E-state index contributed by atoms with van der Waals surface area (Å²) >= 11 is 0. The fourth-order valence-corrected chi connectivity index (χ4v) is 3.00. The van der Waals surface area contributed by atoms with Gasteiger partial charge in [0.2, 0.25) is 0 Å². The molecule has 0 bridgehead atoms. The van der Waals surface area contributed by atoms with Crippen molar-refractivity contribution in [2.45, 2.75) is 13.5 Å². The second-order valence-electron chi connectivity index (χ2n) is 7.06. The first-order valence-corrected chi connectivity index (χ1v) is 10.1. The molecule has 0 aromatic heterocycles. The normalized spacial score (nSPS) is 10.2. The van der Waals surface area contributed by atoms with Crippen molar-refractivity contribution in [3.05, 3.63) is 83.4 Å². The van der Waals surface area contributed by atoms with Crippen molar-refractivity contribution in [2.75, 3.05) is 19.5 Å². The van der Waals surface area contributed by atoms with Gasteiger partial charge in [0, 0.05) is 36.3 Å². The molecule has 8 nitrogen and oxygen atoms in total. The van der Waals surface area contributed by atoms with Crippen molar-refractivity contribution in [1.29, 1.82) is 0 Å². The first-order chi connectivity index (χ1) is 15.9. The molecule has 0 saturated carbocycles. The lowest BCUT2D eigenvalue weighted by molar-refractivity contribution is -0.131. The lowest BCUT2D eigenvalue weighted by Gasteiger charge is -2.10. The minimum atomic E-state index is -0.453. The maximum absolute atomic E-state index is 12.6. The molecule has 0 saturated heterocycles. The molecule has 3 rings (SSSR count). The van der Waals surface area contributed by atoms with Crippen molar-refractivity contribution in [3.63, 3.8) is 0 Å². The summed E-state index contributed by atoms with van der Waals surface area (Å²) in [6.07, 6.45) is 0. The molecule has 33 heavy (non-hydrogen) atoms. The van der Waals surface area contributed by atoms with E-state index in [1.807, 2.05) is 0 Å². The van der Waals surface area contributed by atoms with E-state index >= 15 is 0 Å². The van der Waals surface area contributed by atoms with Gasteiger partial charge >= 0.3 is 5.97 Å². The first-order valence-electron chi connectivity index (χ1n) is 10.1. The maximum atomic E-state index is 12.6. The highest BCUT2D eigenvalue weighted by Gasteiger charge is 2.11. The Labute approximate surface area is 191 Å². The Hall–Kier alpha value is -4.33. The van der Waals surface area contributed by atoms with Crippen LogP contribution in [0.25, 0.3) is 0 Å². The van der Waals surface area contributed by atoms with Crippen LogP contribution in [0.5, 0.6) is 17.2 Å². The Morgan fingerprint density at radius 3 is 2.00 bits per heavy atom. The molecule has 0 fully saturated rings. The van der Waals surface area contributed by atoms with Crippen LogP contribution in [0.4, 0.5) is 5.69 Å². The van der Waals surface area contributed by atoms with E-state index in [0.29, 0.717) is 34.1 Å². The number of carbonyl (C=O) groups excluding carboxylic acids is 3. The van der Waals surface area contributed by atoms with Crippen molar-refractivity contribution in [2.24, 2.45) is 0 Å². The number of anilines is 1. The Bertz CT molecular complexity index is 1140. The molecule has 3 aromatic rings. The Morgan fingerprint density at radius 2 is 1.39 bits per heavy atom. The highest BCUT2D eigenvalue weighted by molar-refractivity contribution is 6.04. The van der Waals surface area contributed by atoms with Crippen LogP contribution in [0.1, 0.15) is 33.2 Å². The van der Waals surface area contributed by atoms with E-state index in [4.69, 9.17) is 14.2 Å². The van der Waals surface area contributed by atoms with E-state index in [2.05, 4.69) is 10.6 Å². The number of carbonyl (C=O) groups is 3. The number of rotatable bonds is 8. The largest absolute Gasteiger partial charge is 0.497 e. The first kappa shape index (κ1) is 23.3. The summed E-state index contributed by atoms with van der Waals surface area (Å²) < 4.78 is 15.4. The van der Waals surface area contributed by atoms with Crippen LogP contribution in [0.15, 0.2) is 66.7 Å². The molecule has 0 aliphatic carbocycles. The average Bonchev–Trinajstić information content (AvgIpc) is 2.82. The lowest BCUT2D eigenvalue weighted by atomic mass is 10.1. The summed E-state index contributed by atoms with van der Waals surface area (Å²) in [6, 6.07) is 18.4. The lowest BCUT2D eigenvalue weighted by Crippen LogP contribution is -2.22. The van der Waals surface area contributed by atoms with E-state index in [0.717, 1.165) is 5.56 Å². The van der Waals surface area contributed by atoms with Crippen LogP contribution in [0.3, 0.4) is 0 Å². The van der Waals surface area contributed by atoms with Crippen molar-refractivity contribution in [1.82, 2.24) is 5.32 Å². The third-order valence-corrected chi connectivity index (χ3v) is 4.64. The van der Waals surface area contributed by atoms with Gasteiger partial charge in [-0.05, 0) is 48.0 Å². The molecule has 0 aliphatic rings. The fourth-order valence-electron chi connectivity index (χ4n) is 3.00. The molecular formula is C25H24N2O6. The number of benzene rings is 3. The third kappa shape index (κ3) is 6.57. The minimum Gasteiger partial charge on any atom is -0.497 e. The molecule has 3 aromatic carbocycles. The van der Waals surface area contributed by atoms with E-state index in [1.54, 1.807) is 60.7 Å². The number of nitrogens with one attached hydrogen (secondary N) is 2. The molecule has 0 heterocycles. The number of hydrogen-bond acceptors (Lipinski definition) is 6. The van der Waals surface area contributed by atoms with Gasteiger partial charge in [0.25, 0.3) is 11.8 Å². The summed E-state index contributed by atoms with van der Waals surface area (Å²) in [5.41, 5.74) is 2.23. The topological polar surface area (TPSA) is 103 Å². The molecule has 2 N–H and O–H groups in total. The summed E-state index contributed by atoms with van der Waals surface area (Å²) in [4.78, 5) is 36.1. The quantitative estimate of drug-likeness (QED) is 0.401. The molecule has 0 aliphatic heterocycles. The number of amides is 2. The van der Waals surface area contributed by atoms with Crippen LogP contribution >= 0.6 is 0 Å². The van der Waals surface area contributed by atoms with Gasteiger partial charge in [-0.3, -0.25) is 14.4 Å². The van der Waals surface area contributed by atoms with Gasteiger partial charge in [-0.2, -0.15) is 0 Å². The SMILES string of the molecule is COc1cc(OC)cc(C(=O)Nc2ccc(CNC(=O)c3cccc(OC(C)=O)c3)cc2)c1. The molecule has 0 radical (unpaired) electrons. The highest BCUT2D eigenvalue weighted by atomic mass is 16.5. The molecule has 170 valence electrons. The average molecular weight is 448 g/mol. The third-order valence-electron chi connectivity index (χ3n) is 4.64. The Balaban J connectivity index is 1.59. The summed E-state index contributed by atoms with van der Waals surface area (Å²) in [7, 11) is 3.04. The molecule has 8 heteroatoms. The van der Waals surface area contributed by atoms with E-state index in [-0.39, 0.29) is 18.4 Å². The Morgan fingerprint density at radius 1 is 0.758 bits per heavy atom. The molecular weight excluding hydrogens is 424 g/mol. The van der Waals surface area contributed by atoms with Crippen LogP contribution in [-0.4, -0.2) is 32.0 Å². The number of ether oxygens (including phenoxy) is 3. The van der Waals surface area contributed by atoms with E-state index in [9.17, 15) is 14.4 Å². The predicted octanol–water partition coefficient (Wildman–Crippen LogP) is 3.81. The van der Waals surface area contributed by atoms with Gasteiger partial charge in [0.1, 0.15) is 17.2 Å². The van der Waals surface area contributed by atoms with Crippen LogP contribution in [0.2, 0.25) is 0 Å². The van der Waals surface area contributed by atoms with Gasteiger partial charge < -0.3 is 24.8 Å².